The first kappa shape index (κ1) is 13.1. The number of hydrogen-bond donors (Lipinski definition) is 0. The lowest BCUT2D eigenvalue weighted by atomic mass is 10.1. The molecule has 0 N–H and O–H groups in total. The van der Waals surface area contributed by atoms with Gasteiger partial charge in [0.2, 0.25) is 0 Å². The Morgan fingerprint density at radius 3 is 2.44 bits per heavy atom. The molecule has 0 fully saturated rings. The molecule has 2 rings (SSSR count). The maximum Gasteiger partial charge on any atom is 0.125 e. The van der Waals surface area contributed by atoms with Crippen molar-refractivity contribution in [3.63, 3.8) is 0 Å². The number of nitriles is 1. The molecule has 0 saturated carbocycles. The summed E-state index contributed by atoms with van der Waals surface area (Å²) >= 11 is 5.09. The van der Waals surface area contributed by atoms with E-state index in [2.05, 4.69) is 28.1 Å². The molecule has 1 aromatic heterocycles. The van der Waals surface area contributed by atoms with Gasteiger partial charge in [0.1, 0.15) is 12.4 Å². The largest absolute Gasteiger partial charge is 0.488 e. The first-order chi connectivity index (χ1) is 8.60. The van der Waals surface area contributed by atoms with Crippen LogP contribution in [0.4, 0.5) is 0 Å². The molecule has 0 saturated heterocycles. The predicted molar refractivity (Wildman–Crippen MR) is 77.0 cm³/mol. The molecular formula is C14H12BrNOS. The van der Waals surface area contributed by atoms with Crippen molar-refractivity contribution in [2.24, 2.45) is 0 Å². The summed E-state index contributed by atoms with van der Waals surface area (Å²) in [6.45, 7) is 4.49. The van der Waals surface area contributed by atoms with Gasteiger partial charge in [-0.05, 0) is 59.1 Å². The molecule has 2 aromatic rings. The van der Waals surface area contributed by atoms with Gasteiger partial charge in [-0.3, -0.25) is 0 Å². The van der Waals surface area contributed by atoms with Crippen LogP contribution in [-0.4, -0.2) is 0 Å². The number of rotatable bonds is 3. The first-order valence-corrected chi connectivity index (χ1v) is 7.14. The fourth-order valence-electron chi connectivity index (χ4n) is 1.82. The van der Waals surface area contributed by atoms with Crippen LogP contribution < -0.4 is 4.74 Å². The summed E-state index contributed by atoms with van der Waals surface area (Å²) in [4.78, 5) is 1.17. The Bertz CT molecular complexity index is 589. The van der Waals surface area contributed by atoms with Crippen LogP contribution >= 0.6 is 27.3 Å². The zero-order valence-electron chi connectivity index (χ0n) is 10.2. The van der Waals surface area contributed by atoms with E-state index >= 15 is 0 Å². The van der Waals surface area contributed by atoms with E-state index in [1.807, 2.05) is 31.4 Å². The van der Waals surface area contributed by atoms with E-state index in [9.17, 15) is 0 Å². The molecular weight excluding hydrogens is 310 g/mol. The van der Waals surface area contributed by atoms with Crippen LogP contribution in [0.15, 0.2) is 28.1 Å². The molecule has 18 heavy (non-hydrogen) atoms. The maximum atomic E-state index is 8.89. The van der Waals surface area contributed by atoms with Crippen molar-refractivity contribution in [1.82, 2.24) is 0 Å². The van der Waals surface area contributed by atoms with E-state index < -0.39 is 0 Å². The summed E-state index contributed by atoms with van der Waals surface area (Å²) in [5.41, 5.74) is 2.68. The summed E-state index contributed by atoms with van der Waals surface area (Å²) in [6, 6.07) is 7.92. The normalized spacial score (nSPS) is 10.1. The molecule has 0 amide bonds. The quantitative estimate of drug-likeness (QED) is 0.829. The van der Waals surface area contributed by atoms with E-state index in [-0.39, 0.29) is 0 Å². The Hall–Kier alpha value is -1.31. The number of halogens is 1. The van der Waals surface area contributed by atoms with E-state index in [1.165, 1.54) is 4.88 Å². The number of benzene rings is 1. The monoisotopic (exact) mass is 321 g/mol. The second kappa shape index (κ2) is 5.55. The van der Waals surface area contributed by atoms with E-state index in [0.717, 1.165) is 21.3 Å². The topological polar surface area (TPSA) is 33.0 Å². The van der Waals surface area contributed by atoms with E-state index in [4.69, 9.17) is 10.00 Å². The zero-order valence-corrected chi connectivity index (χ0v) is 12.6. The van der Waals surface area contributed by atoms with Gasteiger partial charge in [-0.1, -0.05) is 0 Å². The van der Waals surface area contributed by atoms with Gasteiger partial charge in [0, 0.05) is 14.7 Å². The molecule has 0 bridgehead atoms. The fraction of sp³-hybridized carbons (Fsp3) is 0.214. The fourth-order valence-corrected chi connectivity index (χ4v) is 3.18. The smallest absolute Gasteiger partial charge is 0.125 e. The van der Waals surface area contributed by atoms with Crippen molar-refractivity contribution in [2.75, 3.05) is 0 Å². The van der Waals surface area contributed by atoms with Crippen LogP contribution in [0.2, 0.25) is 0 Å². The summed E-state index contributed by atoms with van der Waals surface area (Å²) in [5, 5.41) is 10.9. The minimum Gasteiger partial charge on any atom is -0.488 e. The van der Waals surface area contributed by atoms with Gasteiger partial charge < -0.3 is 4.74 Å². The Kier molecular flexibility index (Phi) is 4.05. The molecule has 1 aromatic carbocycles. The molecule has 0 atom stereocenters. The molecule has 0 unspecified atom stereocenters. The highest BCUT2D eigenvalue weighted by Gasteiger charge is 2.07. The SMILES string of the molecule is Cc1cc(C#N)cc(C)c1OCc1cc(Br)cs1. The average molecular weight is 322 g/mol. The number of hydrogen-bond acceptors (Lipinski definition) is 3. The van der Waals surface area contributed by atoms with Crippen molar-refractivity contribution >= 4 is 27.3 Å². The number of ether oxygens (including phenoxy) is 1. The van der Waals surface area contributed by atoms with Crippen LogP contribution in [0, 0.1) is 25.2 Å². The number of nitrogens with zero attached hydrogens (tertiary/aromatic N) is 1. The lowest BCUT2D eigenvalue weighted by molar-refractivity contribution is 0.305. The van der Waals surface area contributed by atoms with Gasteiger partial charge in [-0.2, -0.15) is 5.26 Å². The van der Waals surface area contributed by atoms with Crippen LogP contribution in [0.1, 0.15) is 21.6 Å². The van der Waals surface area contributed by atoms with Crippen molar-refractivity contribution in [2.45, 2.75) is 20.5 Å². The van der Waals surface area contributed by atoms with Crippen molar-refractivity contribution in [3.05, 3.63) is 49.6 Å². The Morgan fingerprint density at radius 1 is 1.28 bits per heavy atom. The summed E-state index contributed by atoms with van der Waals surface area (Å²) < 4.78 is 6.93. The highest BCUT2D eigenvalue weighted by atomic mass is 79.9. The van der Waals surface area contributed by atoms with Gasteiger partial charge >= 0.3 is 0 Å². The third kappa shape index (κ3) is 2.92. The van der Waals surface area contributed by atoms with Crippen molar-refractivity contribution in [1.29, 1.82) is 5.26 Å². The molecule has 2 nitrogen and oxygen atoms in total. The molecule has 92 valence electrons. The summed E-state index contributed by atoms with van der Waals surface area (Å²) in [6.07, 6.45) is 0. The minimum absolute atomic E-state index is 0.559. The Morgan fingerprint density at radius 2 is 1.94 bits per heavy atom. The summed E-state index contributed by atoms with van der Waals surface area (Å²) in [7, 11) is 0. The van der Waals surface area contributed by atoms with Crippen molar-refractivity contribution < 1.29 is 4.74 Å². The maximum absolute atomic E-state index is 8.89. The lowest BCUT2D eigenvalue weighted by Crippen LogP contribution is -1.98. The standard InChI is InChI=1S/C14H12BrNOS/c1-9-3-11(6-16)4-10(2)14(9)17-7-13-5-12(15)8-18-13/h3-5,8H,7H2,1-2H3. The van der Waals surface area contributed by atoms with Crippen LogP contribution in [0.5, 0.6) is 5.75 Å². The first-order valence-electron chi connectivity index (χ1n) is 5.47. The van der Waals surface area contributed by atoms with Crippen molar-refractivity contribution in [3.8, 4) is 11.8 Å². The Labute approximate surface area is 119 Å². The van der Waals surface area contributed by atoms with Crippen LogP contribution in [0.25, 0.3) is 0 Å². The molecule has 0 aliphatic carbocycles. The van der Waals surface area contributed by atoms with Gasteiger partial charge in [0.15, 0.2) is 0 Å². The third-order valence-electron chi connectivity index (χ3n) is 2.57. The van der Waals surface area contributed by atoms with E-state index in [1.54, 1.807) is 11.3 Å². The summed E-state index contributed by atoms with van der Waals surface area (Å²) in [5.74, 6) is 0.874. The molecule has 0 aliphatic rings. The number of thiophene rings is 1. The minimum atomic E-state index is 0.559. The highest BCUT2D eigenvalue weighted by molar-refractivity contribution is 9.10. The van der Waals surface area contributed by atoms with Crippen LogP contribution in [-0.2, 0) is 6.61 Å². The highest BCUT2D eigenvalue weighted by Crippen LogP contribution is 2.27. The van der Waals surface area contributed by atoms with Gasteiger partial charge in [0.25, 0.3) is 0 Å². The second-order valence-electron chi connectivity index (χ2n) is 4.07. The molecule has 0 spiro atoms. The molecule has 0 radical (unpaired) electrons. The molecule has 1 heterocycles. The Balaban J connectivity index is 2.17. The molecule has 0 aliphatic heterocycles. The van der Waals surface area contributed by atoms with Gasteiger partial charge in [0.05, 0.1) is 11.6 Å². The number of aryl methyl sites for hydroxylation is 2. The average Bonchev–Trinajstić information content (AvgIpc) is 2.73. The van der Waals surface area contributed by atoms with Gasteiger partial charge in [-0.25, -0.2) is 0 Å². The lowest BCUT2D eigenvalue weighted by Gasteiger charge is -2.11. The second-order valence-corrected chi connectivity index (χ2v) is 5.98. The van der Waals surface area contributed by atoms with E-state index in [0.29, 0.717) is 12.2 Å². The third-order valence-corrected chi connectivity index (χ3v) is 4.24. The van der Waals surface area contributed by atoms with Gasteiger partial charge in [-0.15, -0.1) is 11.3 Å². The molecule has 4 heteroatoms. The van der Waals surface area contributed by atoms with Crippen LogP contribution in [0.3, 0.4) is 0 Å². The predicted octanol–water partition coefficient (Wildman–Crippen LogP) is 4.58. The zero-order chi connectivity index (χ0) is 13.1.